The minimum atomic E-state index is -0.422. The number of halogens is 2. The Kier molecular flexibility index (Phi) is 6.50. The van der Waals surface area contributed by atoms with E-state index in [9.17, 15) is 9.59 Å². The second-order valence-electron chi connectivity index (χ2n) is 5.86. The molecule has 1 heterocycles. The van der Waals surface area contributed by atoms with E-state index in [1.165, 1.54) is 6.08 Å². The summed E-state index contributed by atoms with van der Waals surface area (Å²) in [5.41, 5.74) is 1.17. The molecule has 7 heteroatoms. The van der Waals surface area contributed by atoms with Crippen molar-refractivity contribution in [3.8, 4) is 5.75 Å². The number of ether oxygens (including phenoxy) is 2. The van der Waals surface area contributed by atoms with Crippen molar-refractivity contribution in [1.29, 1.82) is 0 Å². The van der Waals surface area contributed by atoms with Crippen molar-refractivity contribution in [2.45, 2.75) is 0 Å². The van der Waals surface area contributed by atoms with Crippen molar-refractivity contribution in [2.75, 3.05) is 26.3 Å². The van der Waals surface area contributed by atoms with Gasteiger partial charge in [-0.25, -0.2) is 4.79 Å². The predicted molar refractivity (Wildman–Crippen MR) is 105 cm³/mol. The maximum atomic E-state index is 12.3. The number of carbonyl (C=O) groups excluding carboxylic acids is 2. The first-order valence-corrected chi connectivity index (χ1v) is 9.10. The largest absolute Gasteiger partial charge is 0.415 e. The molecule has 27 heavy (non-hydrogen) atoms. The van der Waals surface area contributed by atoms with Crippen molar-refractivity contribution >= 4 is 41.2 Å². The van der Waals surface area contributed by atoms with Crippen molar-refractivity contribution in [2.24, 2.45) is 0 Å². The zero-order valence-electron chi connectivity index (χ0n) is 14.4. The first kappa shape index (κ1) is 19.4. The van der Waals surface area contributed by atoms with E-state index < -0.39 is 6.09 Å². The Morgan fingerprint density at radius 3 is 2.41 bits per heavy atom. The van der Waals surface area contributed by atoms with Crippen LogP contribution in [0.1, 0.15) is 15.9 Å². The van der Waals surface area contributed by atoms with E-state index in [1.807, 2.05) is 0 Å². The number of allylic oxidation sites excluding steroid dienone is 1. The molecule has 140 valence electrons. The van der Waals surface area contributed by atoms with E-state index in [4.69, 9.17) is 32.7 Å². The van der Waals surface area contributed by atoms with Crippen LogP contribution >= 0.6 is 23.2 Å². The third-order valence-electron chi connectivity index (χ3n) is 3.99. The molecule has 0 spiro atoms. The van der Waals surface area contributed by atoms with Crippen LogP contribution in [0.25, 0.3) is 6.08 Å². The Bertz CT molecular complexity index is 859. The summed E-state index contributed by atoms with van der Waals surface area (Å²) in [4.78, 5) is 25.9. The first-order chi connectivity index (χ1) is 13.0. The summed E-state index contributed by atoms with van der Waals surface area (Å²) in [6, 6.07) is 11.5. The summed E-state index contributed by atoms with van der Waals surface area (Å²) in [5.74, 6) is 0.194. The molecule has 1 fully saturated rings. The molecule has 1 amide bonds. The first-order valence-electron chi connectivity index (χ1n) is 8.35. The highest BCUT2D eigenvalue weighted by Crippen LogP contribution is 2.22. The van der Waals surface area contributed by atoms with Crippen molar-refractivity contribution in [3.63, 3.8) is 0 Å². The second kappa shape index (κ2) is 9.04. The van der Waals surface area contributed by atoms with Crippen LogP contribution in [-0.4, -0.2) is 43.1 Å². The Hall–Kier alpha value is -2.34. The van der Waals surface area contributed by atoms with Crippen molar-refractivity contribution in [1.82, 2.24) is 4.90 Å². The summed E-state index contributed by atoms with van der Waals surface area (Å²) in [6.45, 7) is 2.03. The number of carbonyl (C=O) groups is 2. The van der Waals surface area contributed by atoms with Crippen LogP contribution in [0.2, 0.25) is 10.0 Å². The third-order valence-corrected chi connectivity index (χ3v) is 4.55. The summed E-state index contributed by atoms with van der Waals surface area (Å²) >= 11 is 11.9. The highest BCUT2D eigenvalue weighted by molar-refractivity contribution is 6.35. The number of amides is 1. The normalized spacial score (nSPS) is 14.4. The molecule has 0 aromatic heterocycles. The molecule has 0 bridgehead atoms. The zero-order chi connectivity index (χ0) is 19.2. The van der Waals surface area contributed by atoms with Crippen LogP contribution in [-0.2, 0) is 4.74 Å². The van der Waals surface area contributed by atoms with Crippen LogP contribution in [0.5, 0.6) is 5.75 Å². The fourth-order valence-corrected chi connectivity index (χ4v) is 2.97. The van der Waals surface area contributed by atoms with Crippen LogP contribution in [0, 0.1) is 0 Å². The Labute approximate surface area is 167 Å². The van der Waals surface area contributed by atoms with Crippen LogP contribution < -0.4 is 4.74 Å². The van der Waals surface area contributed by atoms with E-state index in [0.29, 0.717) is 53.2 Å². The second-order valence-corrected chi connectivity index (χ2v) is 6.70. The molecular formula is C20H17Cl2NO4. The molecule has 1 aliphatic heterocycles. The Balaban J connectivity index is 1.61. The predicted octanol–water partition coefficient (Wildman–Crippen LogP) is 4.72. The molecule has 0 unspecified atom stereocenters. The van der Waals surface area contributed by atoms with Gasteiger partial charge in [-0.05, 0) is 54.1 Å². The lowest BCUT2D eigenvalue weighted by Crippen LogP contribution is -2.42. The van der Waals surface area contributed by atoms with E-state index in [-0.39, 0.29) is 5.78 Å². The Morgan fingerprint density at radius 1 is 1.04 bits per heavy atom. The molecule has 0 saturated carbocycles. The van der Waals surface area contributed by atoms with E-state index in [0.717, 1.165) is 0 Å². The zero-order valence-corrected chi connectivity index (χ0v) is 15.9. The number of morpholine rings is 1. The summed E-state index contributed by atoms with van der Waals surface area (Å²) < 4.78 is 10.5. The summed E-state index contributed by atoms with van der Waals surface area (Å²) in [7, 11) is 0. The van der Waals surface area contributed by atoms with Gasteiger partial charge in [-0.2, -0.15) is 0 Å². The molecule has 3 rings (SSSR count). The minimum absolute atomic E-state index is 0.188. The van der Waals surface area contributed by atoms with Gasteiger partial charge in [0.1, 0.15) is 5.75 Å². The molecule has 0 N–H and O–H groups in total. The molecular weight excluding hydrogens is 389 g/mol. The van der Waals surface area contributed by atoms with Crippen LogP contribution in [0.4, 0.5) is 4.79 Å². The van der Waals surface area contributed by atoms with Gasteiger partial charge >= 0.3 is 6.09 Å². The third kappa shape index (κ3) is 5.32. The van der Waals surface area contributed by atoms with Gasteiger partial charge < -0.3 is 14.4 Å². The molecule has 1 aliphatic rings. The van der Waals surface area contributed by atoms with E-state index in [1.54, 1.807) is 53.4 Å². The lowest BCUT2D eigenvalue weighted by atomic mass is 10.1. The number of rotatable bonds is 4. The number of hydrogen-bond donors (Lipinski definition) is 0. The monoisotopic (exact) mass is 405 g/mol. The average Bonchev–Trinajstić information content (AvgIpc) is 2.68. The highest BCUT2D eigenvalue weighted by Gasteiger charge is 2.18. The molecule has 0 radical (unpaired) electrons. The van der Waals surface area contributed by atoms with E-state index in [2.05, 4.69) is 0 Å². The fourth-order valence-electron chi connectivity index (χ4n) is 2.50. The quantitative estimate of drug-likeness (QED) is 0.545. The maximum absolute atomic E-state index is 12.3. The van der Waals surface area contributed by atoms with E-state index >= 15 is 0 Å². The smallest absolute Gasteiger partial charge is 0.410 e. The summed E-state index contributed by atoms with van der Waals surface area (Å²) in [6.07, 6.45) is 2.65. The highest BCUT2D eigenvalue weighted by atomic mass is 35.5. The van der Waals surface area contributed by atoms with Gasteiger partial charge in [-0.3, -0.25) is 4.79 Å². The van der Waals surface area contributed by atoms with Gasteiger partial charge in [0.25, 0.3) is 0 Å². The molecule has 2 aromatic carbocycles. The summed E-state index contributed by atoms with van der Waals surface area (Å²) in [5, 5.41) is 1.00. The van der Waals surface area contributed by atoms with Crippen LogP contribution in [0.3, 0.4) is 0 Å². The Morgan fingerprint density at radius 2 is 1.74 bits per heavy atom. The molecule has 2 aromatic rings. The van der Waals surface area contributed by atoms with Gasteiger partial charge in [0.2, 0.25) is 0 Å². The fraction of sp³-hybridized carbons (Fsp3) is 0.200. The number of hydrogen-bond acceptors (Lipinski definition) is 4. The number of nitrogens with zero attached hydrogens (tertiary/aromatic N) is 1. The number of benzene rings is 2. The molecule has 0 atom stereocenters. The standard InChI is InChI=1S/C20H17Cl2NO4/c21-16-5-1-14(18(22)13-16)4-8-19(24)15-2-6-17(7-3-15)27-20(25)23-9-11-26-12-10-23/h1-8,13H,9-12H2/b8-4+. The lowest BCUT2D eigenvalue weighted by Gasteiger charge is -2.25. The topological polar surface area (TPSA) is 55.8 Å². The molecule has 0 aliphatic carbocycles. The van der Waals surface area contributed by atoms with Gasteiger partial charge in [0.05, 0.1) is 13.2 Å². The van der Waals surface area contributed by atoms with Gasteiger partial charge in [-0.15, -0.1) is 0 Å². The maximum Gasteiger partial charge on any atom is 0.415 e. The van der Waals surface area contributed by atoms with Gasteiger partial charge in [0.15, 0.2) is 5.78 Å². The van der Waals surface area contributed by atoms with Gasteiger partial charge in [-0.1, -0.05) is 29.3 Å². The SMILES string of the molecule is O=C(/C=C/c1ccc(Cl)cc1Cl)c1ccc(OC(=O)N2CCOCC2)cc1. The lowest BCUT2D eigenvalue weighted by molar-refractivity contribution is 0.0416. The molecule has 1 saturated heterocycles. The van der Waals surface area contributed by atoms with Crippen LogP contribution in [0.15, 0.2) is 48.5 Å². The minimum Gasteiger partial charge on any atom is -0.410 e. The number of ketones is 1. The van der Waals surface area contributed by atoms with Gasteiger partial charge in [0, 0.05) is 28.7 Å². The van der Waals surface area contributed by atoms with Crippen molar-refractivity contribution < 1.29 is 19.1 Å². The van der Waals surface area contributed by atoms with Crippen molar-refractivity contribution in [3.05, 3.63) is 69.7 Å². The average molecular weight is 406 g/mol. The molecule has 5 nitrogen and oxygen atoms in total.